The van der Waals surface area contributed by atoms with Crippen LogP contribution < -0.4 is 27.6 Å². The Hall–Kier alpha value is -2.25. The van der Waals surface area contributed by atoms with Crippen molar-refractivity contribution >= 4 is 17.4 Å². The summed E-state index contributed by atoms with van der Waals surface area (Å²) in [5, 5.41) is 5.26. The summed E-state index contributed by atoms with van der Waals surface area (Å²) < 4.78 is 1.09. The molecule has 0 aliphatic carbocycles. The summed E-state index contributed by atoms with van der Waals surface area (Å²) in [5.74, 6) is -0.253. The fourth-order valence-electron chi connectivity index (χ4n) is 1.30. The zero-order valence-electron chi connectivity index (χ0n) is 10.4. The van der Waals surface area contributed by atoms with E-state index in [2.05, 4.69) is 15.6 Å². The Morgan fingerprint density at radius 1 is 1.44 bits per heavy atom. The van der Waals surface area contributed by atoms with Gasteiger partial charge < -0.3 is 16.4 Å². The maximum Gasteiger partial charge on any atom is 0.329 e. The number of aromatic nitrogens is 2. The number of hydrogen-bond acceptors (Lipinski definition) is 5. The summed E-state index contributed by atoms with van der Waals surface area (Å²) in [6.07, 6.45) is 0.828. The highest BCUT2D eigenvalue weighted by atomic mass is 16.2. The minimum atomic E-state index is -0.640. The van der Waals surface area contributed by atoms with E-state index in [1.807, 2.05) is 6.92 Å². The Kier molecular flexibility index (Phi) is 4.52. The van der Waals surface area contributed by atoms with Gasteiger partial charge in [-0.3, -0.25) is 19.1 Å². The normalized spacial score (nSPS) is 10.1. The predicted octanol–water partition coefficient (Wildman–Crippen LogP) is -1.41. The van der Waals surface area contributed by atoms with Gasteiger partial charge in [0, 0.05) is 13.6 Å². The third-order valence-electron chi connectivity index (χ3n) is 2.37. The Labute approximate surface area is 103 Å². The molecule has 0 aliphatic heterocycles. The number of carbonyl (C=O) groups excluding carboxylic acids is 1. The lowest BCUT2D eigenvalue weighted by atomic mass is 10.4. The van der Waals surface area contributed by atoms with E-state index < -0.39 is 11.2 Å². The predicted molar refractivity (Wildman–Crippen MR) is 68.5 cm³/mol. The monoisotopic (exact) mass is 255 g/mol. The summed E-state index contributed by atoms with van der Waals surface area (Å²) in [5.41, 5.74) is 4.40. The van der Waals surface area contributed by atoms with E-state index in [0.29, 0.717) is 6.54 Å². The van der Waals surface area contributed by atoms with Crippen molar-refractivity contribution in [2.75, 3.05) is 24.1 Å². The molecule has 0 spiro atoms. The highest BCUT2D eigenvalue weighted by Gasteiger charge is 2.10. The molecule has 1 aromatic heterocycles. The third kappa shape index (κ3) is 3.12. The van der Waals surface area contributed by atoms with Crippen LogP contribution in [0.1, 0.15) is 13.3 Å². The topological polar surface area (TPSA) is 122 Å². The number of nitrogen functional groups attached to an aromatic ring is 1. The van der Waals surface area contributed by atoms with Gasteiger partial charge in [-0.25, -0.2) is 4.79 Å². The molecule has 0 atom stereocenters. The van der Waals surface area contributed by atoms with Crippen LogP contribution in [0.2, 0.25) is 0 Å². The van der Waals surface area contributed by atoms with E-state index in [9.17, 15) is 14.4 Å². The second-order valence-electron chi connectivity index (χ2n) is 3.78. The van der Waals surface area contributed by atoms with Crippen LogP contribution >= 0.6 is 0 Å². The van der Waals surface area contributed by atoms with Crippen LogP contribution in [0.25, 0.3) is 0 Å². The number of aromatic amines is 1. The van der Waals surface area contributed by atoms with Crippen molar-refractivity contribution in [1.82, 2.24) is 14.9 Å². The van der Waals surface area contributed by atoms with Crippen LogP contribution in [0.3, 0.4) is 0 Å². The van der Waals surface area contributed by atoms with Crippen LogP contribution in [-0.4, -0.2) is 28.5 Å². The Morgan fingerprint density at radius 3 is 2.72 bits per heavy atom. The van der Waals surface area contributed by atoms with Gasteiger partial charge in [0.2, 0.25) is 5.91 Å². The van der Waals surface area contributed by atoms with Crippen molar-refractivity contribution in [2.24, 2.45) is 7.05 Å². The molecular formula is C10H17N5O3. The highest BCUT2D eigenvalue weighted by Crippen LogP contribution is 2.07. The number of anilines is 2. The molecule has 0 aliphatic rings. The van der Waals surface area contributed by atoms with Crippen molar-refractivity contribution in [3.8, 4) is 0 Å². The van der Waals surface area contributed by atoms with Gasteiger partial charge in [0.25, 0.3) is 5.56 Å². The van der Waals surface area contributed by atoms with E-state index in [1.165, 1.54) is 7.05 Å². The first-order chi connectivity index (χ1) is 8.47. The first-order valence-corrected chi connectivity index (χ1v) is 5.56. The third-order valence-corrected chi connectivity index (χ3v) is 2.37. The number of amides is 1. The minimum Gasteiger partial charge on any atom is -0.383 e. The Morgan fingerprint density at radius 2 is 2.11 bits per heavy atom. The lowest BCUT2D eigenvalue weighted by Gasteiger charge is -2.10. The molecule has 0 aromatic carbocycles. The molecule has 18 heavy (non-hydrogen) atoms. The highest BCUT2D eigenvalue weighted by molar-refractivity contribution is 5.81. The fraction of sp³-hybridized carbons (Fsp3) is 0.500. The fourth-order valence-corrected chi connectivity index (χ4v) is 1.30. The largest absolute Gasteiger partial charge is 0.383 e. The molecule has 1 aromatic rings. The number of rotatable bonds is 5. The van der Waals surface area contributed by atoms with Crippen LogP contribution in [-0.2, 0) is 11.8 Å². The summed E-state index contributed by atoms with van der Waals surface area (Å²) in [7, 11) is 1.43. The number of carbonyl (C=O) groups is 1. The van der Waals surface area contributed by atoms with E-state index >= 15 is 0 Å². The second kappa shape index (κ2) is 5.89. The average Bonchev–Trinajstić information content (AvgIpc) is 2.33. The number of nitrogens with one attached hydrogen (secondary N) is 3. The first kappa shape index (κ1) is 13.8. The van der Waals surface area contributed by atoms with Gasteiger partial charge in [-0.15, -0.1) is 0 Å². The minimum absolute atomic E-state index is 0.00737. The zero-order valence-corrected chi connectivity index (χ0v) is 10.4. The summed E-state index contributed by atoms with van der Waals surface area (Å²) >= 11 is 0. The number of nitrogens with two attached hydrogens (primary N) is 1. The molecule has 5 N–H and O–H groups in total. The molecule has 8 nitrogen and oxygen atoms in total. The van der Waals surface area contributed by atoms with E-state index in [4.69, 9.17) is 5.73 Å². The lowest BCUT2D eigenvalue weighted by Crippen LogP contribution is -2.35. The second-order valence-corrected chi connectivity index (χ2v) is 3.78. The molecule has 0 unspecified atom stereocenters. The van der Waals surface area contributed by atoms with Crippen molar-refractivity contribution in [1.29, 1.82) is 0 Å². The van der Waals surface area contributed by atoms with E-state index in [0.717, 1.165) is 11.0 Å². The smallest absolute Gasteiger partial charge is 0.329 e. The van der Waals surface area contributed by atoms with Crippen molar-refractivity contribution in [2.45, 2.75) is 13.3 Å². The number of H-pyrrole nitrogens is 1. The average molecular weight is 255 g/mol. The van der Waals surface area contributed by atoms with Crippen LogP contribution in [0, 0.1) is 0 Å². The molecule has 100 valence electrons. The number of nitrogens with zero attached hydrogens (tertiary/aromatic N) is 1. The quantitative estimate of drug-likeness (QED) is 0.515. The van der Waals surface area contributed by atoms with E-state index in [-0.39, 0.29) is 24.0 Å². The summed E-state index contributed by atoms with van der Waals surface area (Å²) in [6, 6.07) is 0. The zero-order chi connectivity index (χ0) is 13.7. The maximum absolute atomic E-state index is 11.5. The Balaban J connectivity index is 2.80. The summed E-state index contributed by atoms with van der Waals surface area (Å²) in [4.78, 5) is 36.2. The lowest BCUT2D eigenvalue weighted by molar-refractivity contribution is -0.119. The molecule has 0 fully saturated rings. The first-order valence-electron chi connectivity index (χ1n) is 5.56. The molecule has 0 bridgehead atoms. The van der Waals surface area contributed by atoms with Crippen LogP contribution in [0.4, 0.5) is 11.5 Å². The van der Waals surface area contributed by atoms with Gasteiger partial charge in [-0.2, -0.15) is 0 Å². The standard InChI is InChI=1S/C10H17N5O3/c1-3-4-12-6(16)5-13-7-8(11)15(2)10(18)14-9(7)17/h13H,3-5,11H2,1-2H3,(H,12,16)(H,14,17,18). The van der Waals surface area contributed by atoms with Crippen molar-refractivity contribution in [3.63, 3.8) is 0 Å². The van der Waals surface area contributed by atoms with Gasteiger partial charge in [0.1, 0.15) is 11.5 Å². The molecule has 0 radical (unpaired) electrons. The van der Waals surface area contributed by atoms with Crippen LogP contribution in [0.5, 0.6) is 0 Å². The van der Waals surface area contributed by atoms with Gasteiger partial charge in [0.05, 0.1) is 6.54 Å². The molecule has 8 heteroatoms. The van der Waals surface area contributed by atoms with Crippen molar-refractivity contribution in [3.05, 3.63) is 20.8 Å². The van der Waals surface area contributed by atoms with Crippen LogP contribution in [0.15, 0.2) is 9.59 Å². The van der Waals surface area contributed by atoms with Gasteiger partial charge >= 0.3 is 5.69 Å². The molecule has 1 heterocycles. The van der Waals surface area contributed by atoms with Gasteiger partial charge in [-0.1, -0.05) is 6.92 Å². The Bertz CT molecular complexity index is 545. The molecular weight excluding hydrogens is 238 g/mol. The molecule has 0 saturated carbocycles. The van der Waals surface area contributed by atoms with Gasteiger partial charge in [-0.05, 0) is 6.42 Å². The number of hydrogen-bond donors (Lipinski definition) is 4. The SMILES string of the molecule is CCCNC(=O)CNc1c(N)n(C)c(=O)[nH]c1=O. The molecule has 1 rings (SSSR count). The maximum atomic E-state index is 11.5. The van der Waals surface area contributed by atoms with E-state index in [1.54, 1.807) is 0 Å². The van der Waals surface area contributed by atoms with Crippen molar-refractivity contribution < 1.29 is 4.79 Å². The molecule has 1 amide bonds. The summed E-state index contributed by atoms with van der Waals surface area (Å²) in [6.45, 7) is 2.43. The molecule has 0 saturated heterocycles. The van der Waals surface area contributed by atoms with Gasteiger partial charge in [0.15, 0.2) is 0 Å².